The van der Waals surface area contributed by atoms with E-state index in [1.54, 1.807) is 33.2 Å². The van der Waals surface area contributed by atoms with Crippen molar-refractivity contribution in [2.24, 2.45) is 0 Å². The number of likely N-dealkylation sites (N-methyl/N-ethyl adjacent to an activating group) is 1. The zero-order valence-electron chi connectivity index (χ0n) is 18.6. The highest BCUT2D eigenvalue weighted by atomic mass is 16.5. The van der Waals surface area contributed by atoms with Crippen LogP contribution < -0.4 is 14.8 Å². The van der Waals surface area contributed by atoms with Crippen molar-refractivity contribution in [2.45, 2.75) is 24.9 Å². The second kappa shape index (κ2) is 10.3. The molecule has 0 spiro atoms. The number of carbonyl (C=O) groups is 2. The first-order chi connectivity index (χ1) is 14.9. The highest BCUT2D eigenvalue weighted by Crippen LogP contribution is 2.26. The summed E-state index contributed by atoms with van der Waals surface area (Å²) in [6, 6.07) is 14.7. The summed E-state index contributed by atoms with van der Waals surface area (Å²) in [4.78, 5) is 29.0. The molecule has 1 atom stereocenters. The van der Waals surface area contributed by atoms with E-state index in [0.717, 1.165) is 42.0 Å². The molecule has 0 radical (unpaired) electrons. The lowest BCUT2D eigenvalue weighted by Gasteiger charge is -2.27. The fraction of sp³-hybridized carbons (Fsp3) is 0.417. The van der Waals surface area contributed by atoms with E-state index >= 15 is 0 Å². The van der Waals surface area contributed by atoms with Crippen molar-refractivity contribution >= 4 is 11.8 Å². The third-order valence-electron chi connectivity index (χ3n) is 5.64. The second-order valence-electron chi connectivity index (χ2n) is 7.91. The third kappa shape index (κ3) is 5.55. The molecule has 3 rings (SSSR count). The normalized spacial score (nSPS) is 16.2. The minimum atomic E-state index is -0.324. The first-order valence-electron chi connectivity index (χ1n) is 10.5. The van der Waals surface area contributed by atoms with Crippen LogP contribution in [-0.4, -0.2) is 69.1 Å². The van der Waals surface area contributed by atoms with Crippen LogP contribution in [0.3, 0.4) is 0 Å². The molecule has 2 aromatic rings. The summed E-state index contributed by atoms with van der Waals surface area (Å²) in [6.45, 7) is 0.931. The summed E-state index contributed by atoms with van der Waals surface area (Å²) in [5.41, 5.74) is 1.89. The summed E-state index contributed by atoms with van der Waals surface area (Å²) in [6.07, 6.45) is 1.70. The van der Waals surface area contributed by atoms with Crippen LogP contribution in [-0.2, 0) is 9.59 Å². The molecule has 31 heavy (non-hydrogen) atoms. The summed E-state index contributed by atoms with van der Waals surface area (Å²) < 4.78 is 10.5. The Morgan fingerprint density at radius 2 is 1.52 bits per heavy atom. The molecule has 0 aromatic heterocycles. The van der Waals surface area contributed by atoms with Crippen molar-refractivity contribution < 1.29 is 19.1 Å². The Balaban J connectivity index is 1.78. The lowest BCUT2D eigenvalue weighted by atomic mass is 9.98. The first kappa shape index (κ1) is 22.6. The van der Waals surface area contributed by atoms with Gasteiger partial charge in [0, 0.05) is 14.1 Å². The van der Waals surface area contributed by atoms with Gasteiger partial charge in [0.2, 0.25) is 11.8 Å². The summed E-state index contributed by atoms with van der Waals surface area (Å²) in [7, 11) is 6.75. The van der Waals surface area contributed by atoms with Crippen LogP contribution in [0.25, 0.3) is 0 Å². The van der Waals surface area contributed by atoms with Crippen LogP contribution in [0.15, 0.2) is 48.5 Å². The number of hydrogen-bond acceptors (Lipinski definition) is 5. The van der Waals surface area contributed by atoms with Crippen molar-refractivity contribution in [1.29, 1.82) is 0 Å². The van der Waals surface area contributed by atoms with Gasteiger partial charge >= 0.3 is 0 Å². The van der Waals surface area contributed by atoms with Crippen LogP contribution in [0.4, 0.5) is 0 Å². The van der Waals surface area contributed by atoms with Gasteiger partial charge in [0.25, 0.3) is 0 Å². The van der Waals surface area contributed by atoms with Gasteiger partial charge in [-0.15, -0.1) is 0 Å². The molecule has 0 aliphatic carbocycles. The Labute approximate surface area is 183 Å². The monoisotopic (exact) mass is 425 g/mol. The average molecular weight is 426 g/mol. The van der Waals surface area contributed by atoms with Gasteiger partial charge in [0.1, 0.15) is 11.5 Å². The van der Waals surface area contributed by atoms with Crippen molar-refractivity contribution in [1.82, 2.24) is 15.1 Å². The number of methoxy groups -OCH3 is 2. The van der Waals surface area contributed by atoms with Crippen molar-refractivity contribution in [3.63, 3.8) is 0 Å². The molecule has 7 nitrogen and oxygen atoms in total. The first-order valence-corrected chi connectivity index (χ1v) is 10.5. The average Bonchev–Trinajstić information content (AvgIpc) is 3.25. The van der Waals surface area contributed by atoms with E-state index in [-0.39, 0.29) is 30.4 Å². The molecule has 1 aliphatic rings. The third-order valence-corrected chi connectivity index (χ3v) is 5.64. The van der Waals surface area contributed by atoms with Crippen LogP contribution in [0, 0.1) is 0 Å². The lowest BCUT2D eigenvalue weighted by Crippen LogP contribution is -2.47. The van der Waals surface area contributed by atoms with Crippen LogP contribution >= 0.6 is 0 Å². The molecule has 2 aromatic carbocycles. The minimum Gasteiger partial charge on any atom is -0.497 e. The quantitative estimate of drug-likeness (QED) is 0.704. The molecule has 166 valence electrons. The predicted molar refractivity (Wildman–Crippen MR) is 119 cm³/mol. The SMILES string of the molecule is COc1ccc(C(NC(=O)CN2CCC[C@H]2C(=O)N(C)C)c2ccc(OC)cc2)cc1. The van der Waals surface area contributed by atoms with Gasteiger partial charge in [-0.2, -0.15) is 0 Å². The number of benzene rings is 2. The minimum absolute atomic E-state index is 0.0483. The summed E-state index contributed by atoms with van der Waals surface area (Å²) >= 11 is 0. The fourth-order valence-corrected chi connectivity index (χ4v) is 3.94. The van der Waals surface area contributed by atoms with E-state index in [4.69, 9.17) is 9.47 Å². The maximum Gasteiger partial charge on any atom is 0.239 e. The number of ether oxygens (including phenoxy) is 2. The summed E-state index contributed by atoms with van der Waals surface area (Å²) in [5.74, 6) is 1.44. The molecule has 2 amide bonds. The number of rotatable bonds is 8. The highest BCUT2D eigenvalue weighted by molar-refractivity contribution is 5.84. The van der Waals surface area contributed by atoms with Crippen LogP contribution in [0.2, 0.25) is 0 Å². The summed E-state index contributed by atoms with van der Waals surface area (Å²) in [5, 5.41) is 3.15. The molecule has 1 fully saturated rings. The molecule has 1 saturated heterocycles. The Bertz CT molecular complexity index is 833. The molecule has 0 saturated carbocycles. The van der Waals surface area contributed by atoms with Gasteiger partial charge in [-0.1, -0.05) is 24.3 Å². The number of hydrogen-bond donors (Lipinski definition) is 1. The topological polar surface area (TPSA) is 71.1 Å². The van der Waals surface area contributed by atoms with Gasteiger partial charge in [-0.3, -0.25) is 14.5 Å². The second-order valence-corrected chi connectivity index (χ2v) is 7.91. The molecular formula is C24H31N3O4. The number of carbonyl (C=O) groups excluding carboxylic acids is 2. The maximum atomic E-state index is 13.0. The molecule has 1 heterocycles. The van der Waals surface area contributed by atoms with Crippen molar-refractivity contribution in [3.05, 3.63) is 59.7 Å². The van der Waals surface area contributed by atoms with E-state index in [0.29, 0.717) is 0 Å². The van der Waals surface area contributed by atoms with E-state index in [1.807, 2.05) is 53.4 Å². The molecular weight excluding hydrogens is 394 g/mol. The van der Waals surface area contributed by atoms with Crippen molar-refractivity contribution in [2.75, 3.05) is 41.4 Å². The van der Waals surface area contributed by atoms with E-state index in [1.165, 1.54) is 0 Å². The standard InChI is InChI=1S/C24H31N3O4/c1-26(2)24(29)21-6-5-15-27(21)16-22(28)25-23(17-7-11-19(30-3)12-8-17)18-9-13-20(31-4)14-10-18/h7-14,21,23H,5-6,15-16H2,1-4H3,(H,25,28)/t21-/m0/s1. The van der Waals surface area contributed by atoms with Gasteiger partial charge in [-0.05, 0) is 54.8 Å². The maximum absolute atomic E-state index is 13.0. The fourth-order valence-electron chi connectivity index (χ4n) is 3.94. The Morgan fingerprint density at radius 1 is 1.00 bits per heavy atom. The zero-order valence-corrected chi connectivity index (χ0v) is 18.6. The number of amides is 2. The molecule has 0 unspecified atom stereocenters. The lowest BCUT2D eigenvalue weighted by molar-refractivity contribution is -0.134. The Kier molecular flexibility index (Phi) is 7.52. The van der Waals surface area contributed by atoms with Crippen molar-refractivity contribution in [3.8, 4) is 11.5 Å². The molecule has 7 heteroatoms. The number of nitrogens with one attached hydrogen (secondary N) is 1. The van der Waals surface area contributed by atoms with Crippen LogP contribution in [0.5, 0.6) is 11.5 Å². The highest BCUT2D eigenvalue weighted by Gasteiger charge is 2.33. The van der Waals surface area contributed by atoms with Gasteiger partial charge in [-0.25, -0.2) is 0 Å². The van der Waals surface area contributed by atoms with E-state index in [9.17, 15) is 9.59 Å². The number of nitrogens with zero attached hydrogens (tertiary/aromatic N) is 2. The number of likely N-dealkylation sites (tertiary alicyclic amines) is 1. The molecule has 1 aliphatic heterocycles. The predicted octanol–water partition coefficient (Wildman–Crippen LogP) is 2.46. The Morgan fingerprint density at radius 3 is 1.97 bits per heavy atom. The van der Waals surface area contributed by atoms with E-state index in [2.05, 4.69) is 5.32 Å². The van der Waals surface area contributed by atoms with Crippen LogP contribution in [0.1, 0.15) is 30.0 Å². The van der Waals surface area contributed by atoms with Gasteiger partial charge < -0.3 is 19.7 Å². The largest absolute Gasteiger partial charge is 0.497 e. The van der Waals surface area contributed by atoms with Gasteiger partial charge in [0.15, 0.2) is 0 Å². The Hall–Kier alpha value is -3.06. The zero-order chi connectivity index (χ0) is 22.4. The van der Waals surface area contributed by atoms with E-state index < -0.39 is 0 Å². The van der Waals surface area contributed by atoms with Gasteiger partial charge in [0.05, 0.1) is 32.8 Å². The molecule has 0 bridgehead atoms. The molecule has 1 N–H and O–H groups in total. The smallest absolute Gasteiger partial charge is 0.239 e.